The van der Waals surface area contributed by atoms with Crippen molar-refractivity contribution in [1.82, 2.24) is 24.9 Å². The van der Waals surface area contributed by atoms with Gasteiger partial charge in [0.05, 0.1) is 0 Å². The molecule has 1 aliphatic rings. The van der Waals surface area contributed by atoms with E-state index in [2.05, 4.69) is 35.1 Å². The van der Waals surface area contributed by atoms with Gasteiger partial charge in [0.25, 0.3) is 0 Å². The molecule has 19 heavy (non-hydrogen) atoms. The van der Waals surface area contributed by atoms with Crippen LogP contribution in [0.2, 0.25) is 0 Å². The highest BCUT2D eigenvalue weighted by atomic mass is 32.2. The van der Waals surface area contributed by atoms with E-state index in [1.165, 1.54) is 24.6 Å². The number of aromatic amines is 1. The number of aromatic nitrogens is 5. The van der Waals surface area contributed by atoms with Crippen molar-refractivity contribution < 1.29 is 0 Å². The maximum absolute atomic E-state index is 4.50. The summed E-state index contributed by atoms with van der Waals surface area (Å²) in [6, 6.07) is 0. The van der Waals surface area contributed by atoms with Crippen LogP contribution in [0.3, 0.4) is 0 Å². The molecule has 3 heterocycles. The molecule has 3 rings (SSSR count). The summed E-state index contributed by atoms with van der Waals surface area (Å²) in [6.45, 7) is 2.02. The van der Waals surface area contributed by atoms with E-state index in [1.807, 2.05) is 7.05 Å². The van der Waals surface area contributed by atoms with E-state index < -0.39 is 0 Å². The monoisotopic (exact) mass is 277 g/mol. The largest absolute Gasteiger partial charge is 0.357 e. The topological polar surface area (TPSA) is 82.6 Å². The Morgan fingerprint density at radius 1 is 1.26 bits per heavy atom. The van der Waals surface area contributed by atoms with Gasteiger partial charge in [-0.1, -0.05) is 0 Å². The number of hydrogen-bond acceptors (Lipinski definition) is 7. The van der Waals surface area contributed by atoms with Crippen LogP contribution in [0, 0.1) is 0 Å². The lowest BCUT2D eigenvalue weighted by Gasteiger charge is -2.15. The fourth-order valence-electron chi connectivity index (χ4n) is 1.95. The first kappa shape index (κ1) is 12.2. The third kappa shape index (κ3) is 2.78. The molecule has 0 aromatic carbocycles. The number of H-pyrrole nitrogens is 1. The molecule has 1 saturated heterocycles. The molecule has 0 unspecified atom stereocenters. The maximum atomic E-state index is 4.50. The zero-order chi connectivity index (χ0) is 13.1. The van der Waals surface area contributed by atoms with Crippen LogP contribution in [0.25, 0.3) is 0 Å². The molecule has 0 spiro atoms. The minimum Gasteiger partial charge on any atom is -0.357 e. The van der Waals surface area contributed by atoms with Gasteiger partial charge >= 0.3 is 0 Å². The van der Waals surface area contributed by atoms with Gasteiger partial charge < -0.3 is 15.2 Å². The normalized spacial score (nSPS) is 14.9. The maximum Gasteiger partial charge on any atom is 0.231 e. The summed E-state index contributed by atoms with van der Waals surface area (Å²) in [5.41, 5.74) is 0. The van der Waals surface area contributed by atoms with Gasteiger partial charge in [-0.2, -0.15) is 15.0 Å². The zero-order valence-corrected chi connectivity index (χ0v) is 11.4. The average Bonchev–Trinajstić information content (AvgIpc) is 3.11. The lowest BCUT2D eigenvalue weighted by atomic mass is 10.4. The van der Waals surface area contributed by atoms with E-state index in [9.17, 15) is 0 Å². The number of rotatable bonds is 4. The molecule has 2 aromatic heterocycles. The molecule has 2 N–H and O–H groups in total. The van der Waals surface area contributed by atoms with Crippen LogP contribution in [-0.2, 0) is 0 Å². The van der Waals surface area contributed by atoms with Gasteiger partial charge in [-0.3, -0.25) is 0 Å². The summed E-state index contributed by atoms with van der Waals surface area (Å²) in [5.74, 6) is 1.33. The molecule has 0 bridgehead atoms. The first-order valence-corrected chi connectivity index (χ1v) is 7.03. The van der Waals surface area contributed by atoms with Crippen LogP contribution in [0.15, 0.2) is 22.7 Å². The molecule has 8 heteroatoms. The third-order valence-electron chi connectivity index (χ3n) is 2.88. The van der Waals surface area contributed by atoms with Crippen molar-refractivity contribution >= 4 is 23.7 Å². The Bertz CT molecular complexity index is 536. The van der Waals surface area contributed by atoms with Crippen molar-refractivity contribution in [2.45, 2.75) is 23.2 Å². The fourth-order valence-corrected chi connectivity index (χ4v) is 2.63. The molecule has 100 valence electrons. The van der Waals surface area contributed by atoms with E-state index in [0.29, 0.717) is 11.1 Å². The van der Waals surface area contributed by atoms with Gasteiger partial charge in [-0.15, -0.1) is 0 Å². The second-order valence-electron chi connectivity index (χ2n) is 4.18. The summed E-state index contributed by atoms with van der Waals surface area (Å²) in [5, 5.41) is 4.41. The average molecular weight is 277 g/mol. The van der Waals surface area contributed by atoms with Crippen molar-refractivity contribution in [3.63, 3.8) is 0 Å². The molecule has 0 radical (unpaired) electrons. The van der Waals surface area contributed by atoms with Gasteiger partial charge in [0.1, 0.15) is 0 Å². The third-order valence-corrected chi connectivity index (χ3v) is 3.66. The fraction of sp³-hybridized carbons (Fsp3) is 0.455. The summed E-state index contributed by atoms with van der Waals surface area (Å²) in [7, 11) is 1.81. The number of imidazole rings is 1. The highest BCUT2D eigenvalue weighted by Gasteiger charge is 2.17. The van der Waals surface area contributed by atoms with Gasteiger partial charge in [-0.05, 0) is 24.6 Å². The summed E-state index contributed by atoms with van der Waals surface area (Å²) in [4.78, 5) is 22.6. The van der Waals surface area contributed by atoms with Crippen molar-refractivity contribution in [3.8, 4) is 0 Å². The van der Waals surface area contributed by atoms with Crippen LogP contribution >= 0.6 is 11.8 Å². The lowest BCUT2D eigenvalue weighted by Crippen LogP contribution is -2.21. The van der Waals surface area contributed by atoms with Crippen molar-refractivity contribution in [2.75, 3.05) is 30.4 Å². The minimum atomic E-state index is 0.589. The Kier molecular flexibility index (Phi) is 3.49. The SMILES string of the molecule is CNc1nc(Sc2ncc[nH]2)nc(N2CCCC2)n1. The van der Waals surface area contributed by atoms with E-state index in [0.717, 1.165) is 24.2 Å². The second kappa shape index (κ2) is 5.43. The van der Waals surface area contributed by atoms with Crippen LogP contribution in [0.4, 0.5) is 11.9 Å². The minimum absolute atomic E-state index is 0.589. The Balaban J connectivity index is 1.88. The summed E-state index contributed by atoms with van der Waals surface area (Å²) in [6.07, 6.45) is 5.89. The molecule has 1 fully saturated rings. The lowest BCUT2D eigenvalue weighted by molar-refractivity contribution is 0.828. The van der Waals surface area contributed by atoms with Crippen LogP contribution < -0.4 is 10.2 Å². The predicted octanol–water partition coefficient (Wildman–Crippen LogP) is 1.39. The standard InChI is InChI=1S/C11H15N7S/c1-12-8-15-9(18-6-2-3-7-18)17-11(16-8)19-10-13-4-5-14-10/h4-5H,2-3,6-7H2,1H3,(H,13,14)(H,12,15,16,17). The van der Waals surface area contributed by atoms with Crippen LogP contribution in [0.1, 0.15) is 12.8 Å². The molecule has 0 amide bonds. The first-order valence-electron chi connectivity index (χ1n) is 6.21. The Labute approximate surface area is 115 Å². The Morgan fingerprint density at radius 3 is 2.79 bits per heavy atom. The van der Waals surface area contributed by atoms with Crippen molar-refractivity contribution in [3.05, 3.63) is 12.4 Å². The number of hydrogen-bond donors (Lipinski definition) is 2. The Hall–Kier alpha value is -1.83. The number of nitrogens with one attached hydrogen (secondary N) is 2. The molecule has 0 aliphatic carbocycles. The zero-order valence-electron chi connectivity index (χ0n) is 10.6. The quantitative estimate of drug-likeness (QED) is 0.873. The van der Waals surface area contributed by atoms with Gasteiger partial charge in [-0.25, -0.2) is 4.98 Å². The van der Waals surface area contributed by atoms with E-state index >= 15 is 0 Å². The molecule has 0 saturated carbocycles. The van der Waals surface area contributed by atoms with E-state index in [-0.39, 0.29) is 0 Å². The van der Waals surface area contributed by atoms with Crippen LogP contribution in [0.5, 0.6) is 0 Å². The van der Waals surface area contributed by atoms with Gasteiger partial charge in [0.2, 0.25) is 17.1 Å². The predicted molar refractivity (Wildman–Crippen MR) is 73.5 cm³/mol. The Morgan fingerprint density at radius 2 is 2.11 bits per heavy atom. The highest BCUT2D eigenvalue weighted by molar-refractivity contribution is 7.99. The second-order valence-corrected chi connectivity index (χ2v) is 5.14. The summed E-state index contributed by atoms with van der Waals surface area (Å²) < 4.78 is 0. The molecular formula is C11H15N7S. The van der Waals surface area contributed by atoms with Gasteiger partial charge in [0.15, 0.2) is 5.16 Å². The van der Waals surface area contributed by atoms with Gasteiger partial charge in [0, 0.05) is 32.5 Å². The van der Waals surface area contributed by atoms with Crippen molar-refractivity contribution in [2.24, 2.45) is 0 Å². The molecular weight excluding hydrogens is 262 g/mol. The number of nitrogens with zero attached hydrogens (tertiary/aromatic N) is 5. The molecule has 1 aliphatic heterocycles. The summed E-state index contributed by atoms with van der Waals surface area (Å²) >= 11 is 1.40. The molecule has 0 atom stereocenters. The van der Waals surface area contributed by atoms with E-state index in [1.54, 1.807) is 12.4 Å². The molecule has 7 nitrogen and oxygen atoms in total. The van der Waals surface area contributed by atoms with Crippen molar-refractivity contribution in [1.29, 1.82) is 0 Å². The molecule has 2 aromatic rings. The number of anilines is 2. The highest BCUT2D eigenvalue weighted by Crippen LogP contribution is 2.24. The first-order chi connectivity index (χ1) is 9.35. The smallest absolute Gasteiger partial charge is 0.231 e. The van der Waals surface area contributed by atoms with Crippen LogP contribution in [-0.4, -0.2) is 45.1 Å². The van der Waals surface area contributed by atoms with E-state index in [4.69, 9.17) is 0 Å².